The Morgan fingerprint density at radius 3 is 2.18 bits per heavy atom. The fourth-order valence-corrected chi connectivity index (χ4v) is 0.315. The Balaban J connectivity index is 3.88. The largest absolute Gasteiger partial charge is 0.409 e. The van der Waals surface area contributed by atoms with Crippen LogP contribution in [0.1, 0.15) is 0 Å². The highest BCUT2D eigenvalue weighted by molar-refractivity contribution is 5.85. The summed E-state index contributed by atoms with van der Waals surface area (Å²) < 4.78 is 34.0. The van der Waals surface area contributed by atoms with Crippen LogP contribution >= 0.6 is 0 Å². The van der Waals surface area contributed by atoms with Crippen LogP contribution in [0.25, 0.3) is 0 Å². The minimum atomic E-state index is -4.35. The molecule has 5 heteroatoms. The van der Waals surface area contributed by atoms with Crippen molar-refractivity contribution in [1.29, 1.82) is 0 Å². The van der Waals surface area contributed by atoms with Crippen LogP contribution in [-0.4, -0.2) is 12.1 Å². The van der Waals surface area contributed by atoms with Crippen molar-refractivity contribution in [3.8, 4) is 0 Å². The van der Waals surface area contributed by atoms with Crippen molar-refractivity contribution in [2.75, 3.05) is 0 Å². The summed E-state index contributed by atoms with van der Waals surface area (Å²) in [5, 5.41) is 0. The van der Waals surface area contributed by atoms with Crippen LogP contribution in [0, 0.1) is 0 Å². The molecule has 0 aromatic rings. The van der Waals surface area contributed by atoms with E-state index in [0.717, 1.165) is 12.2 Å². The maximum Gasteiger partial charge on any atom is 0.409 e. The molecule has 0 aliphatic carbocycles. The number of rotatable bonds is 2. The molecule has 0 aliphatic rings. The van der Waals surface area contributed by atoms with Crippen LogP contribution in [0.5, 0.6) is 0 Å². The molecule has 1 amide bonds. The molecule has 0 spiro atoms. The molecule has 0 heterocycles. The predicted molar refractivity (Wildman–Crippen MR) is 33.5 cm³/mol. The van der Waals surface area contributed by atoms with E-state index in [9.17, 15) is 18.0 Å². The zero-order valence-electron chi connectivity index (χ0n) is 5.43. The maximum atomic E-state index is 11.3. The molecule has 0 saturated heterocycles. The summed E-state index contributed by atoms with van der Waals surface area (Å²) in [6.07, 6.45) is -1.88. The monoisotopic (exact) mass is 165 g/mol. The van der Waals surface area contributed by atoms with Crippen molar-refractivity contribution >= 4 is 5.91 Å². The Morgan fingerprint density at radius 2 is 1.82 bits per heavy atom. The molecule has 0 aromatic heterocycles. The molecule has 0 fully saturated rings. The van der Waals surface area contributed by atoms with Gasteiger partial charge in [0, 0.05) is 12.2 Å². The Labute approximate surface area is 61.2 Å². The number of allylic oxidation sites excluding steroid dienone is 3. The Hall–Kier alpha value is -1.26. The first-order chi connectivity index (χ1) is 4.92. The predicted octanol–water partition coefficient (Wildman–Crippen LogP) is 1.15. The van der Waals surface area contributed by atoms with E-state index in [0.29, 0.717) is 6.08 Å². The van der Waals surface area contributed by atoms with Crippen LogP contribution in [0.15, 0.2) is 24.3 Å². The summed E-state index contributed by atoms with van der Waals surface area (Å²) in [7, 11) is 0. The van der Waals surface area contributed by atoms with Crippen LogP contribution in [0.3, 0.4) is 0 Å². The molecule has 0 rings (SSSR count). The summed E-state index contributed by atoms with van der Waals surface area (Å²) in [6, 6.07) is 0. The fraction of sp³-hybridized carbons (Fsp3) is 0.167. The molecule has 0 aliphatic heterocycles. The van der Waals surface area contributed by atoms with Gasteiger partial charge in [0.05, 0.1) is 0 Å². The lowest BCUT2D eigenvalue weighted by molar-refractivity contribution is -0.113. The lowest BCUT2D eigenvalue weighted by atomic mass is 10.4. The van der Waals surface area contributed by atoms with E-state index >= 15 is 0 Å². The van der Waals surface area contributed by atoms with Crippen LogP contribution in [-0.2, 0) is 4.79 Å². The zero-order valence-corrected chi connectivity index (χ0v) is 5.43. The molecule has 0 saturated carbocycles. The van der Waals surface area contributed by atoms with E-state index in [2.05, 4.69) is 5.73 Å². The second-order valence-corrected chi connectivity index (χ2v) is 1.66. The van der Waals surface area contributed by atoms with E-state index in [-0.39, 0.29) is 6.08 Å². The van der Waals surface area contributed by atoms with Crippen LogP contribution < -0.4 is 5.73 Å². The van der Waals surface area contributed by atoms with Gasteiger partial charge in [0.1, 0.15) is 0 Å². The highest BCUT2D eigenvalue weighted by Gasteiger charge is 2.21. The highest BCUT2D eigenvalue weighted by atomic mass is 19.4. The van der Waals surface area contributed by atoms with E-state index in [1.54, 1.807) is 0 Å². The molecular formula is C6H6F3NO. The Kier molecular flexibility index (Phi) is 3.36. The van der Waals surface area contributed by atoms with E-state index in [4.69, 9.17) is 0 Å². The van der Waals surface area contributed by atoms with Gasteiger partial charge in [-0.2, -0.15) is 13.2 Å². The molecule has 62 valence electrons. The summed E-state index contributed by atoms with van der Waals surface area (Å²) in [5.41, 5.74) is 4.60. The third-order valence-corrected chi connectivity index (χ3v) is 0.657. The van der Waals surface area contributed by atoms with E-state index in [1.807, 2.05) is 0 Å². The minimum absolute atomic E-state index is 0.00639. The maximum absolute atomic E-state index is 11.3. The van der Waals surface area contributed by atoms with E-state index in [1.165, 1.54) is 0 Å². The minimum Gasteiger partial charge on any atom is -0.366 e. The summed E-state index contributed by atoms with van der Waals surface area (Å²) in [5.74, 6) is -0.781. The molecular weight excluding hydrogens is 159 g/mol. The van der Waals surface area contributed by atoms with Crippen molar-refractivity contribution in [3.63, 3.8) is 0 Å². The van der Waals surface area contributed by atoms with Crippen molar-refractivity contribution in [3.05, 3.63) is 24.3 Å². The standard InChI is InChI=1S/C6H6F3NO/c7-6(8,9)4-2-1-3-5(10)11/h1-4H,(H2,10,11)/b3-1+,4-2+. The first kappa shape index (κ1) is 9.74. The first-order valence-corrected chi connectivity index (χ1v) is 2.64. The van der Waals surface area contributed by atoms with Gasteiger partial charge >= 0.3 is 6.18 Å². The molecule has 0 aromatic carbocycles. The third kappa shape index (κ3) is 8.74. The molecule has 2 nitrogen and oxygen atoms in total. The van der Waals surface area contributed by atoms with E-state index < -0.39 is 12.1 Å². The van der Waals surface area contributed by atoms with Gasteiger partial charge in [-0.15, -0.1) is 0 Å². The number of amides is 1. The molecule has 0 atom stereocenters. The molecule has 0 bridgehead atoms. The topological polar surface area (TPSA) is 43.1 Å². The number of hydrogen-bond donors (Lipinski definition) is 1. The average molecular weight is 165 g/mol. The normalized spacial score (nSPS) is 13.0. The number of halogens is 3. The van der Waals surface area contributed by atoms with Gasteiger partial charge < -0.3 is 5.73 Å². The second kappa shape index (κ2) is 3.80. The van der Waals surface area contributed by atoms with Gasteiger partial charge in [0.15, 0.2) is 0 Å². The van der Waals surface area contributed by atoms with Gasteiger partial charge in [-0.25, -0.2) is 0 Å². The van der Waals surface area contributed by atoms with Crippen molar-refractivity contribution in [2.24, 2.45) is 5.73 Å². The number of carbonyl (C=O) groups is 1. The number of hydrogen-bond acceptors (Lipinski definition) is 1. The lowest BCUT2D eigenvalue weighted by Crippen LogP contribution is -2.05. The van der Waals surface area contributed by atoms with Gasteiger partial charge in [-0.1, -0.05) is 12.2 Å². The van der Waals surface area contributed by atoms with Crippen molar-refractivity contribution in [1.82, 2.24) is 0 Å². The smallest absolute Gasteiger partial charge is 0.366 e. The third-order valence-electron chi connectivity index (χ3n) is 0.657. The number of alkyl halides is 3. The number of carbonyl (C=O) groups excluding carboxylic acids is 1. The van der Waals surface area contributed by atoms with Crippen LogP contribution in [0.2, 0.25) is 0 Å². The van der Waals surface area contributed by atoms with Crippen molar-refractivity contribution < 1.29 is 18.0 Å². The van der Waals surface area contributed by atoms with Gasteiger partial charge in [0.25, 0.3) is 0 Å². The number of primary amides is 1. The number of nitrogens with two attached hydrogens (primary N) is 1. The van der Waals surface area contributed by atoms with Crippen LogP contribution in [0.4, 0.5) is 13.2 Å². The molecule has 11 heavy (non-hydrogen) atoms. The highest BCUT2D eigenvalue weighted by Crippen LogP contribution is 2.15. The van der Waals surface area contributed by atoms with Gasteiger partial charge in [0.2, 0.25) is 5.91 Å². The second-order valence-electron chi connectivity index (χ2n) is 1.66. The zero-order chi connectivity index (χ0) is 8.91. The Bertz CT molecular complexity index is 192. The van der Waals surface area contributed by atoms with Crippen molar-refractivity contribution in [2.45, 2.75) is 6.18 Å². The molecule has 2 N–H and O–H groups in total. The fourth-order valence-electron chi connectivity index (χ4n) is 0.315. The summed E-state index contributed by atoms with van der Waals surface area (Å²) in [4.78, 5) is 9.94. The summed E-state index contributed by atoms with van der Waals surface area (Å²) >= 11 is 0. The average Bonchev–Trinajstić information content (AvgIpc) is 1.78. The SMILES string of the molecule is NC(=O)/C=C/C=C/C(F)(F)F. The summed E-state index contributed by atoms with van der Waals surface area (Å²) in [6.45, 7) is 0. The molecule has 0 unspecified atom stereocenters. The Morgan fingerprint density at radius 1 is 1.27 bits per heavy atom. The quantitative estimate of drug-likeness (QED) is 0.484. The molecule has 0 radical (unpaired) electrons. The lowest BCUT2D eigenvalue weighted by Gasteiger charge is -1.94. The van der Waals surface area contributed by atoms with Gasteiger partial charge in [-0.05, 0) is 0 Å². The first-order valence-electron chi connectivity index (χ1n) is 2.64. The van der Waals surface area contributed by atoms with Gasteiger partial charge in [-0.3, -0.25) is 4.79 Å².